The van der Waals surface area contributed by atoms with Gasteiger partial charge in [-0.3, -0.25) is 0 Å². The average Bonchev–Trinajstić information content (AvgIpc) is 2.85. The third kappa shape index (κ3) is 3.78. The lowest BCUT2D eigenvalue weighted by molar-refractivity contribution is 0.301. The highest BCUT2D eigenvalue weighted by Crippen LogP contribution is 2.26. The molecular weight excluding hydrogens is 256 g/mol. The number of ether oxygens (including phenoxy) is 1. The zero-order chi connectivity index (χ0) is 13.7. The average molecular weight is 276 g/mol. The van der Waals surface area contributed by atoms with Crippen LogP contribution in [0.15, 0.2) is 29.6 Å². The van der Waals surface area contributed by atoms with Crippen molar-refractivity contribution in [3.8, 4) is 5.75 Å². The molecule has 19 heavy (non-hydrogen) atoms. The highest BCUT2D eigenvalue weighted by atomic mass is 32.1. The summed E-state index contributed by atoms with van der Waals surface area (Å²) in [5.41, 5.74) is 2.32. The number of para-hydroxylation sites is 1. The standard InChI is InChI=1S/C15H20N2OS/c1-11(2)13-6-4-5-7-14(13)18-9-15-17-12(8-16-3)10-19-15/h4-7,10-11,16H,8-9H2,1-3H3. The Morgan fingerprint density at radius 1 is 1.32 bits per heavy atom. The zero-order valence-corrected chi connectivity index (χ0v) is 12.5. The van der Waals surface area contributed by atoms with Crippen molar-refractivity contribution in [2.45, 2.75) is 32.9 Å². The number of hydrogen-bond acceptors (Lipinski definition) is 4. The Hall–Kier alpha value is -1.39. The summed E-state index contributed by atoms with van der Waals surface area (Å²) in [5.74, 6) is 1.43. The van der Waals surface area contributed by atoms with Crippen LogP contribution in [0.3, 0.4) is 0 Å². The minimum absolute atomic E-state index is 0.465. The van der Waals surface area contributed by atoms with Crippen molar-refractivity contribution in [1.82, 2.24) is 10.3 Å². The number of hydrogen-bond donors (Lipinski definition) is 1. The molecular formula is C15H20N2OS. The SMILES string of the molecule is CNCc1csc(COc2ccccc2C(C)C)n1. The molecule has 1 heterocycles. The van der Waals surface area contributed by atoms with Gasteiger partial charge in [0, 0.05) is 11.9 Å². The fraction of sp³-hybridized carbons (Fsp3) is 0.400. The van der Waals surface area contributed by atoms with E-state index in [2.05, 4.69) is 41.7 Å². The largest absolute Gasteiger partial charge is 0.486 e. The molecule has 0 aliphatic carbocycles. The van der Waals surface area contributed by atoms with E-state index in [4.69, 9.17) is 4.74 Å². The first-order chi connectivity index (χ1) is 9.20. The van der Waals surface area contributed by atoms with E-state index >= 15 is 0 Å². The molecule has 0 bridgehead atoms. The van der Waals surface area contributed by atoms with Crippen LogP contribution in [-0.4, -0.2) is 12.0 Å². The Morgan fingerprint density at radius 2 is 2.11 bits per heavy atom. The first-order valence-corrected chi connectivity index (χ1v) is 7.38. The first-order valence-electron chi connectivity index (χ1n) is 6.50. The lowest BCUT2D eigenvalue weighted by atomic mass is 10.0. The van der Waals surface area contributed by atoms with Gasteiger partial charge in [0.1, 0.15) is 17.4 Å². The Kier molecular flexibility index (Phi) is 4.93. The normalized spacial score (nSPS) is 10.9. The summed E-state index contributed by atoms with van der Waals surface area (Å²) in [5, 5.41) is 6.19. The zero-order valence-electron chi connectivity index (χ0n) is 11.6. The Labute approximate surface area is 118 Å². The van der Waals surface area contributed by atoms with Gasteiger partial charge in [-0.25, -0.2) is 4.98 Å². The lowest BCUT2D eigenvalue weighted by Gasteiger charge is -2.12. The van der Waals surface area contributed by atoms with E-state index < -0.39 is 0 Å². The van der Waals surface area contributed by atoms with Crippen LogP contribution in [0.5, 0.6) is 5.75 Å². The fourth-order valence-corrected chi connectivity index (χ4v) is 2.61. The topological polar surface area (TPSA) is 34.1 Å². The Morgan fingerprint density at radius 3 is 2.84 bits per heavy atom. The maximum absolute atomic E-state index is 5.90. The van der Waals surface area contributed by atoms with E-state index in [1.165, 1.54) is 5.56 Å². The van der Waals surface area contributed by atoms with Gasteiger partial charge in [0.15, 0.2) is 0 Å². The minimum atomic E-state index is 0.465. The van der Waals surface area contributed by atoms with Crippen LogP contribution in [0.2, 0.25) is 0 Å². The minimum Gasteiger partial charge on any atom is -0.486 e. The van der Waals surface area contributed by atoms with E-state index in [1.54, 1.807) is 11.3 Å². The molecule has 0 radical (unpaired) electrons. The summed E-state index contributed by atoms with van der Waals surface area (Å²) in [7, 11) is 1.93. The molecule has 0 spiro atoms. The van der Waals surface area contributed by atoms with Gasteiger partial charge >= 0.3 is 0 Å². The number of aromatic nitrogens is 1. The summed E-state index contributed by atoms with van der Waals surface area (Å²) in [6, 6.07) is 8.21. The monoisotopic (exact) mass is 276 g/mol. The van der Waals surface area contributed by atoms with Gasteiger partial charge < -0.3 is 10.1 Å². The highest BCUT2D eigenvalue weighted by molar-refractivity contribution is 7.09. The molecule has 0 atom stereocenters. The van der Waals surface area contributed by atoms with Gasteiger partial charge in [-0.1, -0.05) is 32.0 Å². The molecule has 4 heteroatoms. The van der Waals surface area contributed by atoms with Crippen LogP contribution >= 0.6 is 11.3 Å². The maximum atomic E-state index is 5.90. The Bertz CT molecular complexity index is 522. The fourth-order valence-electron chi connectivity index (χ4n) is 1.91. The van der Waals surface area contributed by atoms with Crippen molar-refractivity contribution in [1.29, 1.82) is 0 Å². The molecule has 0 fully saturated rings. The maximum Gasteiger partial charge on any atom is 0.140 e. The number of thiazole rings is 1. The predicted molar refractivity (Wildman–Crippen MR) is 79.7 cm³/mol. The molecule has 1 aromatic heterocycles. The molecule has 2 rings (SSSR count). The molecule has 0 aliphatic rings. The van der Waals surface area contributed by atoms with Crippen molar-refractivity contribution in [2.24, 2.45) is 0 Å². The summed E-state index contributed by atoms with van der Waals surface area (Å²) in [6.07, 6.45) is 0. The van der Waals surface area contributed by atoms with Gasteiger partial charge in [0.25, 0.3) is 0 Å². The molecule has 1 N–H and O–H groups in total. The second kappa shape index (κ2) is 6.68. The van der Waals surface area contributed by atoms with Crippen LogP contribution in [0.25, 0.3) is 0 Å². The number of rotatable bonds is 6. The first kappa shape index (κ1) is 14.0. The molecule has 0 amide bonds. The van der Waals surface area contributed by atoms with Crippen molar-refractivity contribution in [3.05, 3.63) is 45.9 Å². The van der Waals surface area contributed by atoms with Crippen molar-refractivity contribution in [3.63, 3.8) is 0 Å². The molecule has 3 nitrogen and oxygen atoms in total. The number of nitrogens with one attached hydrogen (secondary N) is 1. The van der Waals surface area contributed by atoms with Crippen molar-refractivity contribution in [2.75, 3.05) is 7.05 Å². The molecule has 102 valence electrons. The molecule has 2 aromatic rings. The molecule has 0 unspecified atom stereocenters. The van der Waals surface area contributed by atoms with Crippen LogP contribution in [0.1, 0.15) is 36.0 Å². The van der Waals surface area contributed by atoms with Crippen molar-refractivity contribution < 1.29 is 4.74 Å². The number of benzene rings is 1. The second-order valence-electron chi connectivity index (χ2n) is 4.74. The summed E-state index contributed by atoms with van der Waals surface area (Å²) in [6.45, 7) is 5.70. The van der Waals surface area contributed by atoms with E-state index in [9.17, 15) is 0 Å². The van der Waals surface area contributed by atoms with Gasteiger partial charge in [-0.2, -0.15) is 0 Å². The number of nitrogens with zero attached hydrogens (tertiary/aromatic N) is 1. The predicted octanol–water partition coefficient (Wildman–Crippen LogP) is 3.56. The quantitative estimate of drug-likeness (QED) is 0.876. The molecule has 0 aliphatic heterocycles. The van der Waals surface area contributed by atoms with Crippen LogP contribution in [0.4, 0.5) is 0 Å². The van der Waals surface area contributed by atoms with Gasteiger partial charge in [0.2, 0.25) is 0 Å². The molecule has 0 saturated carbocycles. The third-order valence-corrected chi connectivity index (χ3v) is 3.72. The second-order valence-corrected chi connectivity index (χ2v) is 5.69. The van der Waals surface area contributed by atoms with Crippen LogP contribution < -0.4 is 10.1 Å². The molecule has 0 saturated heterocycles. The van der Waals surface area contributed by atoms with E-state index in [1.807, 2.05) is 19.2 Å². The molecule has 1 aromatic carbocycles. The van der Waals surface area contributed by atoms with Gasteiger partial charge in [-0.05, 0) is 24.6 Å². The van der Waals surface area contributed by atoms with Crippen LogP contribution in [0, 0.1) is 0 Å². The van der Waals surface area contributed by atoms with Crippen LogP contribution in [-0.2, 0) is 13.2 Å². The highest BCUT2D eigenvalue weighted by Gasteiger charge is 2.08. The van der Waals surface area contributed by atoms with Gasteiger partial charge in [0.05, 0.1) is 5.69 Å². The lowest BCUT2D eigenvalue weighted by Crippen LogP contribution is -2.05. The van der Waals surface area contributed by atoms with Crippen molar-refractivity contribution >= 4 is 11.3 Å². The van der Waals surface area contributed by atoms with E-state index in [0.717, 1.165) is 23.0 Å². The Balaban J connectivity index is 2.01. The van der Waals surface area contributed by atoms with Gasteiger partial charge in [-0.15, -0.1) is 11.3 Å². The van der Waals surface area contributed by atoms with E-state index in [-0.39, 0.29) is 0 Å². The summed E-state index contributed by atoms with van der Waals surface area (Å²) < 4.78 is 5.90. The third-order valence-electron chi connectivity index (χ3n) is 2.85. The summed E-state index contributed by atoms with van der Waals surface area (Å²) in [4.78, 5) is 4.52. The summed E-state index contributed by atoms with van der Waals surface area (Å²) >= 11 is 1.65. The smallest absolute Gasteiger partial charge is 0.140 e. The van der Waals surface area contributed by atoms with E-state index in [0.29, 0.717) is 12.5 Å².